The van der Waals surface area contributed by atoms with E-state index in [-0.39, 0.29) is 45.5 Å². The van der Waals surface area contributed by atoms with Gasteiger partial charge in [0.2, 0.25) is 5.76 Å². The molecule has 11 heteroatoms. The van der Waals surface area contributed by atoms with E-state index in [1.165, 1.54) is 23.1 Å². The Morgan fingerprint density at radius 3 is 2.62 bits per heavy atom. The van der Waals surface area contributed by atoms with E-state index in [4.69, 9.17) is 20.8 Å². The van der Waals surface area contributed by atoms with Crippen LogP contribution in [0.3, 0.4) is 0 Å². The molecule has 0 N–H and O–H groups in total. The van der Waals surface area contributed by atoms with E-state index >= 15 is 4.79 Å². The molecule has 0 saturated heterocycles. The monoisotopic (exact) mass is 637 g/mol. The highest BCUT2D eigenvalue weighted by atomic mass is 35.5. The van der Waals surface area contributed by atoms with Gasteiger partial charge in [-0.05, 0) is 49.2 Å². The number of rotatable bonds is 6. The van der Waals surface area contributed by atoms with E-state index in [9.17, 15) is 14.4 Å². The third-order valence-electron chi connectivity index (χ3n) is 8.17. The van der Waals surface area contributed by atoms with E-state index in [1.807, 2.05) is 31.2 Å². The number of aryl methyl sites for hydroxylation is 2. The zero-order chi connectivity index (χ0) is 31.6. The van der Waals surface area contributed by atoms with Crippen molar-refractivity contribution in [3.8, 4) is 0 Å². The fraction of sp³-hybridized carbons (Fsp3) is 0.147. The molecule has 1 spiro atoms. The summed E-state index contributed by atoms with van der Waals surface area (Å²) < 4.78 is 11.4. The molecule has 4 heterocycles. The second-order valence-electron chi connectivity index (χ2n) is 10.8. The number of anilines is 2. The van der Waals surface area contributed by atoms with Gasteiger partial charge >= 0.3 is 5.97 Å². The highest BCUT2D eigenvalue weighted by Crippen LogP contribution is 2.55. The smallest absolute Gasteiger partial charge is 0.350 e. The first-order chi connectivity index (χ1) is 21.7. The third-order valence-corrected chi connectivity index (χ3v) is 9.53. The van der Waals surface area contributed by atoms with Crippen LogP contribution in [0.15, 0.2) is 88.6 Å². The van der Waals surface area contributed by atoms with Gasteiger partial charge in [-0.2, -0.15) is 0 Å². The second kappa shape index (κ2) is 10.5. The Kier molecular flexibility index (Phi) is 6.72. The molecule has 0 fully saturated rings. The Balaban J connectivity index is 1.53. The van der Waals surface area contributed by atoms with Gasteiger partial charge in [0.1, 0.15) is 17.1 Å². The molecule has 45 heavy (non-hydrogen) atoms. The minimum Gasteiger partial charge on any atom is -0.457 e. The average Bonchev–Trinajstić information content (AvgIpc) is 3.62. The molecule has 2 amide bonds. The van der Waals surface area contributed by atoms with Gasteiger partial charge in [0, 0.05) is 10.6 Å². The van der Waals surface area contributed by atoms with Crippen molar-refractivity contribution in [1.82, 2.24) is 4.98 Å². The van der Waals surface area contributed by atoms with Crippen molar-refractivity contribution in [2.75, 3.05) is 16.4 Å². The molecule has 3 aromatic carbocycles. The number of amides is 2. The van der Waals surface area contributed by atoms with Crippen molar-refractivity contribution in [2.24, 2.45) is 0 Å². The lowest BCUT2D eigenvalue weighted by molar-refractivity contribution is -0.121. The molecule has 0 saturated carbocycles. The summed E-state index contributed by atoms with van der Waals surface area (Å²) in [5, 5.41) is 0.460. The van der Waals surface area contributed by atoms with Crippen LogP contribution in [0.4, 0.5) is 10.8 Å². The topological polar surface area (TPSA) is 110 Å². The number of para-hydroxylation sites is 1. The van der Waals surface area contributed by atoms with Gasteiger partial charge in [0.05, 0.1) is 28.9 Å². The maximum atomic E-state index is 15.1. The first-order valence-corrected chi connectivity index (χ1v) is 15.2. The van der Waals surface area contributed by atoms with Crippen molar-refractivity contribution in [1.29, 1.82) is 0 Å². The number of hydrogen-bond acceptors (Lipinski definition) is 8. The molecule has 0 radical (unpaired) electrons. The van der Waals surface area contributed by atoms with Gasteiger partial charge in [-0.15, -0.1) is 0 Å². The third kappa shape index (κ3) is 4.09. The molecule has 0 aliphatic carbocycles. The first kappa shape index (κ1) is 28.7. The Bertz CT molecular complexity index is 2170. The van der Waals surface area contributed by atoms with Crippen molar-refractivity contribution in [3.63, 3.8) is 0 Å². The number of fused-ring (bicyclic) bond motifs is 5. The van der Waals surface area contributed by atoms with Gasteiger partial charge < -0.3 is 14.1 Å². The molecule has 0 bridgehead atoms. The summed E-state index contributed by atoms with van der Waals surface area (Å²) >= 11 is 7.18. The summed E-state index contributed by atoms with van der Waals surface area (Å²) in [7, 11) is 0. The fourth-order valence-corrected chi connectivity index (χ4v) is 7.30. The van der Waals surface area contributed by atoms with Crippen LogP contribution in [0.25, 0.3) is 11.0 Å². The molecule has 224 valence electrons. The van der Waals surface area contributed by atoms with Crippen LogP contribution >= 0.6 is 22.9 Å². The summed E-state index contributed by atoms with van der Waals surface area (Å²) in [4.78, 5) is 64.5. The number of carbonyl (C=O) groups excluding carboxylic acids is 3. The zero-order valence-electron chi connectivity index (χ0n) is 24.1. The molecule has 7 rings (SSSR count). The van der Waals surface area contributed by atoms with Crippen LogP contribution in [0.2, 0.25) is 5.02 Å². The SMILES string of the molecule is C=CCOC(=O)c1sc(N2C(=O)c3oc4ccc(Cl)cc4c(=O)c3C23C(=O)N(Cc2ccccc2C)c2ccccc23)nc1C. The van der Waals surface area contributed by atoms with Crippen molar-refractivity contribution < 1.29 is 23.5 Å². The standard InChI is InChI=1S/C34H24ClN3O6S/c1-4-15-43-31(41)29-19(3)36-33(45-29)38-30(40)28-26(27(39)22-16-21(35)13-14-25(22)44-28)34(38)23-11-7-8-12-24(23)37(32(34)42)17-20-10-6-5-9-18(20)2/h4-14,16H,1,15,17H2,2-3H3. The molecule has 2 aliphatic heterocycles. The van der Waals surface area contributed by atoms with Crippen LogP contribution < -0.4 is 15.2 Å². The van der Waals surface area contributed by atoms with E-state index < -0.39 is 28.8 Å². The number of ether oxygens (including phenoxy) is 1. The molecule has 2 aromatic heterocycles. The fourth-order valence-electron chi connectivity index (χ4n) is 6.12. The predicted molar refractivity (Wildman–Crippen MR) is 171 cm³/mol. The van der Waals surface area contributed by atoms with E-state index in [2.05, 4.69) is 11.6 Å². The lowest BCUT2D eigenvalue weighted by Gasteiger charge is -2.32. The minimum absolute atomic E-state index is 0.0170. The maximum Gasteiger partial charge on any atom is 0.350 e. The molecular weight excluding hydrogens is 614 g/mol. The second-order valence-corrected chi connectivity index (χ2v) is 12.2. The minimum atomic E-state index is -1.98. The Morgan fingerprint density at radius 1 is 1.09 bits per heavy atom. The summed E-state index contributed by atoms with van der Waals surface area (Å²) in [5.41, 5.74) is 0.581. The number of nitrogens with zero attached hydrogens (tertiary/aromatic N) is 3. The lowest BCUT2D eigenvalue weighted by Crippen LogP contribution is -2.53. The van der Waals surface area contributed by atoms with Crippen LogP contribution in [0.1, 0.15) is 48.2 Å². The molecule has 2 aliphatic rings. The van der Waals surface area contributed by atoms with Gasteiger partial charge in [0.15, 0.2) is 16.1 Å². The number of aromatic nitrogens is 1. The van der Waals surface area contributed by atoms with Crippen LogP contribution in [-0.2, 0) is 21.6 Å². The number of esters is 1. The highest BCUT2D eigenvalue weighted by Gasteiger charge is 2.66. The number of carbonyl (C=O) groups is 3. The van der Waals surface area contributed by atoms with Gasteiger partial charge in [-0.3, -0.25) is 19.3 Å². The van der Waals surface area contributed by atoms with Crippen LogP contribution in [-0.4, -0.2) is 29.4 Å². The number of thiazole rings is 1. The Labute approximate surface area is 265 Å². The molecule has 9 nitrogen and oxygen atoms in total. The molecule has 5 aromatic rings. The van der Waals surface area contributed by atoms with E-state index in [1.54, 1.807) is 42.2 Å². The van der Waals surface area contributed by atoms with Gasteiger partial charge in [0.25, 0.3) is 11.8 Å². The summed E-state index contributed by atoms with van der Waals surface area (Å²) in [6.07, 6.45) is 1.44. The van der Waals surface area contributed by atoms with Gasteiger partial charge in [-0.1, -0.05) is 78.1 Å². The van der Waals surface area contributed by atoms with Crippen molar-refractivity contribution >= 4 is 62.5 Å². The first-order valence-electron chi connectivity index (χ1n) is 14.0. The van der Waals surface area contributed by atoms with E-state index in [0.717, 1.165) is 22.5 Å². The molecule has 1 atom stereocenters. The quantitative estimate of drug-likeness (QED) is 0.158. The van der Waals surface area contributed by atoms with Crippen molar-refractivity contribution in [2.45, 2.75) is 25.9 Å². The number of halogens is 1. The van der Waals surface area contributed by atoms with Crippen LogP contribution in [0.5, 0.6) is 0 Å². The average molecular weight is 638 g/mol. The Morgan fingerprint density at radius 2 is 1.84 bits per heavy atom. The number of hydrogen-bond donors (Lipinski definition) is 0. The predicted octanol–water partition coefficient (Wildman–Crippen LogP) is 6.31. The van der Waals surface area contributed by atoms with Crippen molar-refractivity contribution in [3.05, 3.63) is 133 Å². The number of benzene rings is 3. The normalized spacial score (nSPS) is 16.9. The summed E-state index contributed by atoms with van der Waals surface area (Å²) in [5.74, 6) is -2.20. The molecule has 1 unspecified atom stereocenters. The lowest BCUT2D eigenvalue weighted by atomic mass is 9.84. The maximum absolute atomic E-state index is 15.1. The summed E-state index contributed by atoms with van der Waals surface area (Å²) in [6.45, 7) is 7.30. The largest absolute Gasteiger partial charge is 0.457 e. The van der Waals surface area contributed by atoms with Gasteiger partial charge in [-0.25, -0.2) is 9.78 Å². The summed E-state index contributed by atoms with van der Waals surface area (Å²) in [6, 6.07) is 19.3. The van der Waals surface area contributed by atoms with E-state index in [0.29, 0.717) is 22.0 Å². The Hall–Kier alpha value is -5.06. The zero-order valence-corrected chi connectivity index (χ0v) is 25.7. The highest BCUT2D eigenvalue weighted by molar-refractivity contribution is 7.17. The van der Waals surface area contributed by atoms with Crippen LogP contribution in [0, 0.1) is 13.8 Å². The molecular formula is C34H24ClN3O6S.